The van der Waals surface area contributed by atoms with Crippen molar-refractivity contribution < 1.29 is 4.79 Å². The van der Waals surface area contributed by atoms with Crippen molar-refractivity contribution >= 4 is 17.2 Å². The fraction of sp³-hybridized carbons (Fsp3) is 0.176. The molecule has 0 aromatic carbocycles. The number of carbonyl (C=O) groups excluding carboxylic acids is 1. The fourth-order valence-electron chi connectivity index (χ4n) is 2.07. The van der Waals surface area contributed by atoms with Gasteiger partial charge in [-0.15, -0.1) is 11.3 Å². The minimum absolute atomic E-state index is 0.0171. The first kappa shape index (κ1) is 15.3. The number of amides is 1. The molecule has 0 fully saturated rings. The predicted octanol–water partition coefficient (Wildman–Crippen LogP) is 2.85. The van der Waals surface area contributed by atoms with Crippen LogP contribution >= 0.6 is 11.3 Å². The zero-order valence-electron chi connectivity index (χ0n) is 12.5. The van der Waals surface area contributed by atoms with Gasteiger partial charge in [-0.1, -0.05) is 12.1 Å². The Morgan fingerprint density at radius 1 is 1.13 bits per heavy atom. The molecule has 0 bridgehead atoms. The molecule has 0 atom stereocenters. The SMILES string of the molecule is O=C(CCc1nc(-c2ccccn2)cs1)NCc1cccnc1. The summed E-state index contributed by atoms with van der Waals surface area (Å²) >= 11 is 1.56. The number of thiazole rings is 1. The summed E-state index contributed by atoms with van der Waals surface area (Å²) in [5.74, 6) is 0.0171. The molecule has 0 spiro atoms. The van der Waals surface area contributed by atoms with Gasteiger partial charge in [0, 0.05) is 43.4 Å². The van der Waals surface area contributed by atoms with Crippen LogP contribution in [0.5, 0.6) is 0 Å². The quantitative estimate of drug-likeness (QED) is 0.757. The van der Waals surface area contributed by atoms with Gasteiger partial charge in [0.2, 0.25) is 5.91 Å². The standard InChI is InChI=1S/C17H16N4OS/c22-16(20-11-13-4-3-8-18-10-13)6-7-17-21-15(12-23-17)14-5-1-2-9-19-14/h1-5,8-10,12H,6-7,11H2,(H,20,22). The molecule has 0 saturated heterocycles. The maximum atomic E-state index is 11.9. The van der Waals surface area contributed by atoms with Gasteiger partial charge in [0.05, 0.1) is 16.4 Å². The normalized spacial score (nSPS) is 10.4. The monoisotopic (exact) mass is 324 g/mol. The third-order valence-electron chi connectivity index (χ3n) is 3.26. The molecule has 0 radical (unpaired) electrons. The highest BCUT2D eigenvalue weighted by atomic mass is 32.1. The smallest absolute Gasteiger partial charge is 0.220 e. The number of aryl methyl sites for hydroxylation is 1. The van der Waals surface area contributed by atoms with Crippen LogP contribution in [-0.4, -0.2) is 20.9 Å². The van der Waals surface area contributed by atoms with E-state index in [0.717, 1.165) is 22.0 Å². The van der Waals surface area contributed by atoms with Crippen LogP contribution in [0.1, 0.15) is 17.0 Å². The number of rotatable bonds is 6. The Morgan fingerprint density at radius 2 is 2.09 bits per heavy atom. The van der Waals surface area contributed by atoms with Crippen LogP contribution < -0.4 is 5.32 Å². The Morgan fingerprint density at radius 3 is 2.87 bits per heavy atom. The molecule has 5 nitrogen and oxygen atoms in total. The summed E-state index contributed by atoms with van der Waals surface area (Å²) < 4.78 is 0. The lowest BCUT2D eigenvalue weighted by Gasteiger charge is -2.03. The largest absolute Gasteiger partial charge is 0.352 e. The number of pyridine rings is 2. The van der Waals surface area contributed by atoms with Gasteiger partial charge < -0.3 is 5.32 Å². The Hall–Kier alpha value is -2.60. The summed E-state index contributed by atoms with van der Waals surface area (Å²) in [5, 5.41) is 5.82. The van der Waals surface area contributed by atoms with Crippen LogP contribution in [-0.2, 0) is 17.8 Å². The summed E-state index contributed by atoms with van der Waals surface area (Å²) in [6.07, 6.45) is 6.28. The van der Waals surface area contributed by atoms with Crippen LogP contribution in [0.25, 0.3) is 11.4 Å². The first-order valence-corrected chi connectivity index (χ1v) is 8.20. The number of hydrogen-bond acceptors (Lipinski definition) is 5. The minimum Gasteiger partial charge on any atom is -0.352 e. The highest BCUT2D eigenvalue weighted by Gasteiger charge is 2.08. The molecule has 0 aliphatic heterocycles. The van der Waals surface area contributed by atoms with Gasteiger partial charge in [0.25, 0.3) is 0 Å². The zero-order chi connectivity index (χ0) is 15.9. The second-order valence-corrected chi connectivity index (χ2v) is 5.92. The molecular formula is C17H16N4OS. The first-order valence-electron chi connectivity index (χ1n) is 7.32. The Balaban J connectivity index is 1.49. The Bertz CT molecular complexity index is 759. The van der Waals surface area contributed by atoms with Gasteiger partial charge in [-0.05, 0) is 23.8 Å². The van der Waals surface area contributed by atoms with Gasteiger partial charge in [-0.2, -0.15) is 0 Å². The van der Waals surface area contributed by atoms with Crippen LogP contribution in [0.2, 0.25) is 0 Å². The van der Waals surface area contributed by atoms with E-state index in [9.17, 15) is 4.79 Å². The molecule has 0 unspecified atom stereocenters. The molecule has 0 saturated carbocycles. The van der Waals surface area contributed by atoms with E-state index in [-0.39, 0.29) is 5.91 Å². The van der Waals surface area contributed by atoms with Gasteiger partial charge in [0.1, 0.15) is 0 Å². The zero-order valence-corrected chi connectivity index (χ0v) is 13.3. The second-order valence-electron chi connectivity index (χ2n) is 4.98. The number of nitrogens with one attached hydrogen (secondary N) is 1. The van der Waals surface area contributed by atoms with E-state index in [4.69, 9.17) is 0 Å². The molecule has 1 N–H and O–H groups in total. The summed E-state index contributed by atoms with van der Waals surface area (Å²) in [6.45, 7) is 0.504. The average molecular weight is 324 g/mol. The number of nitrogens with zero attached hydrogens (tertiary/aromatic N) is 3. The Kier molecular flexibility index (Phi) is 5.06. The number of carbonyl (C=O) groups is 1. The van der Waals surface area contributed by atoms with Gasteiger partial charge >= 0.3 is 0 Å². The lowest BCUT2D eigenvalue weighted by molar-refractivity contribution is -0.121. The van der Waals surface area contributed by atoms with E-state index in [1.54, 1.807) is 29.9 Å². The van der Waals surface area contributed by atoms with Crippen LogP contribution in [0, 0.1) is 0 Å². The highest BCUT2D eigenvalue weighted by Crippen LogP contribution is 2.20. The van der Waals surface area contributed by atoms with Gasteiger partial charge in [-0.25, -0.2) is 4.98 Å². The molecule has 0 aliphatic carbocycles. The lowest BCUT2D eigenvalue weighted by Crippen LogP contribution is -2.23. The summed E-state index contributed by atoms with van der Waals surface area (Å²) in [4.78, 5) is 24.7. The van der Waals surface area contributed by atoms with E-state index in [1.807, 2.05) is 35.7 Å². The number of aromatic nitrogens is 3. The first-order chi connectivity index (χ1) is 11.3. The van der Waals surface area contributed by atoms with Crippen molar-refractivity contribution in [1.29, 1.82) is 0 Å². The topological polar surface area (TPSA) is 67.8 Å². The van der Waals surface area contributed by atoms with Crippen molar-refractivity contribution in [2.24, 2.45) is 0 Å². The molecule has 6 heteroatoms. The van der Waals surface area contributed by atoms with Crippen molar-refractivity contribution in [2.75, 3.05) is 0 Å². The van der Waals surface area contributed by atoms with Crippen molar-refractivity contribution in [3.63, 3.8) is 0 Å². The van der Waals surface area contributed by atoms with Crippen LogP contribution in [0.3, 0.4) is 0 Å². The Labute approximate surface area is 138 Å². The van der Waals surface area contributed by atoms with Crippen molar-refractivity contribution in [1.82, 2.24) is 20.3 Å². The molecule has 3 rings (SSSR count). The van der Waals surface area contributed by atoms with E-state index >= 15 is 0 Å². The molecule has 116 valence electrons. The maximum Gasteiger partial charge on any atom is 0.220 e. The van der Waals surface area contributed by atoms with Crippen molar-refractivity contribution in [3.05, 3.63) is 64.9 Å². The molecule has 1 amide bonds. The molecule has 3 aromatic heterocycles. The van der Waals surface area contributed by atoms with E-state index in [0.29, 0.717) is 19.4 Å². The molecule has 0 aliphatic rings. The van der Waals surface area contributed by atoms with E-state index in [2.05, 4.69) is 20.3 Å². The molecule has 3 aromatic rings. The molecular weight excluding hydrogens is 308 g/mol. The summed E-state index contributed by atoms with van der Waals surface area (Å²) in [7, 11) is 0. The molecule has 3 heterocycles. The predicted molar refractivity (Wildman–Crippen MR) is 89.7 cm³/mol. The maximum absolute atomic E-state index is 11.9. The third kappa shape index (κ3) is 4.43. The van der Waals surface area contributed by atoms with Crippen molar-refractivity contribution in [3.8, 4) is 11.4 Å². The average Bonchev–Trinajstić information content (AvgIpc) is 3.09. The number of hydrogen-bond donors (Lipinski definition) is 1. The molecule has 23 heavy (non-hydrogen) atoms. The van der Waals surface area contributed by atoms with E-state index in [1.165, 1.54) is 0 Å². The van der Waals surface area contributed by atoms with Gasteiger partial charge in [0.15, 0.2) is 0 Å². The second kappa shape index (κ2) is 7.60. The van der Waals surface area contributed by atoms with Gasteiger partial charge in [-0.3, -0.25) is 14.8 Å². The highest BCUT2D eigenvalue weighted by molar-refractivity contribution is 7.09. The van der Waals surface area contributed by atoms with Crippen LogP contribution in [0.15, 0.2) is 54.3 Å². The van der Waals surface area contributed by atoms with Crippen molar-refractivity contribution in [2.45, 2.75) is 19.4 Å². The lowest BCUT2D eigenvalue weighted by atomic mass is 10.2. The third-order valence-corrected chi connectivity index (χ3v) is 4.17. The summed E-state index contributed by atoms with van der Waals surface area (Å²) in [6, 6.07) is 9.54. The fourth-order valence-corrected chi connectivity index (χ4v) is 2.86. The summed E-state index contributed by atoms with van der Waals surface area (Å²) in [5.41, 5.74) is 2.71. The van der Waals surface area contributed by atoms with E-state index < -0.39 is 0 Å². The van der Waals surface area contributed by atoms with Crippen LogP contribution in [0.4, 0.5) is 0 Å². The minimum atomic E-state index is 0.0171.